The molecule has 1 aromatic carbocycles. The molecule has 0 fully saturated rings. The summed E-state index contributed by atoms with van der Waals surface area (Å²) < 4.78 is 5.20. The van der Waals surface area contributed by atoms with E-state index in [1.54, 1.807) is 0 Å². The Morgan fingerprint density at radius 1 is 1.44 bits per heavy atom. The first-order valence-corrected chi connectivity index (χ1v) is 6.02. The van der Waals surface area contributed by atoms with Gasteiger partial charge >= 0.3 is 0 Å². The third-order valence-electron chi connectivity index (χ3n) is 2.46. The summed E-state index contributed by atoms with van der Waals surface area (Å²) in [5, 5.41) is 10.5. The van der Waals surface area contributed by atoms with Crippen LogP contribution in [-0.2, 0) is 11.2 Å². The van der Waals surface area contributed by atoms with Gasteiger partial charge in [0.1, 0.15) is 0 Å². The molecule has 0 aliphatic carbocycles. The fourth-order valence-electron chi connectivity index (χ4n) is 1.54. The topological polar surface area (TPSA) is 29.5 Å². The van der Waals surface area contributed by atoms with E-state index in [1.807, 2.05) is 32.0 Å². The number of hydrogen-bond acceptors (Lipinski definition) is 2. The molecule has 3 heteroatoms. The predicted molar refractivity (Wildman–Crippen MR) is 67.0 cm³/mol. The Morgan fingerprint density at radius 3 is 2.81 bits per heavy atom. The highest BCUT2D eigenvalue weighted by atomic mass is 35.5. The Hall–Kier alpha value is -0.570. The van der Waals surface area contributed by atoms with Crippen LogP contribution >= 0.6 is 11.6 Å². The van der Waals surface area contributed by atoms with Gasteiger partial charge in [-0.2, -0.15) is 0 Å². The third kappa shape index (κ3) is 4.52. The average molecular weight is 243 g/mol. The van der Waals surface area contributed by atoms with Crippen LogP contribution in [0, 0.1) is 6.92 Å². The molecule has 0 saturated carbocycles. The molecule has 90 valence electrons. The number of ether oxygens (including phenoxy) is 1. The predicted octanol–water partition coefficient (Wildman–Crippen LogP) is 2.98. The van der Waals surface area contributed by atoms with E-state index >= 15 is 0 Å². The van der Waals surface area contributed by atoms with Crippen molar-refractivity contribution in [3.05, 3.63) is 34.3 Å². The molecule has 1 rings (SSSR count). The summed E-state index contributed by atoms with van der Waals surface area (Å²) in [6.45, 7) is 5.24. The maximum atomic E-state index is 9.78. The molecular formula is C13H19ClO2. The van der Waals surface area contributed by atoms with E-state index in [0.717, 1.165) is 16.1 Å². The molecular weight excluding hydrogens is 224 g/mol. The zero-order chi connectivity index (χ0) is 12.0. The van der Waals surface area contributed by atoms with Gasteiger partial charge in [-0.05, 0) is 43.9 Å². The third-order valence-corrected chi connectivity index (χ3v) is 2.82. The van der Waals surface area contributed by atoms with Crippen LogP contribution in [0.3, 0.4) is 0 Å². The van der Waals surface area contributed by atoms with Crippen LogP contribution in [-0.4, -0.2) is 24.4 Å². The first-order chi connectivity index (χ1) is 7.63. The van der Waals surface area contributed by atoms with Crippen LogP contribution in [0.1, 0.15) is 24.5 Å². The number of rotatable bonds is 6. The number of hydrogen-bond donors (Lipinski definition) is 1. The van der Waals surface area contributed by atoms with Gasteiger partial charge in [-0.25, -0.2) is 0 Å². The van der Waals surface area contributed by atoms with E-state index in [2.05, 4.69) is 0 Å². The number of benzene rings is 1. The summed E-state index contributed by atoms with van der Waals surface area (Å²) in [6, 6.07) is 5.91. The van der Waals surface area contributed by atoms with Crippen molar-refractivity contribution < 1.29 is 9.84 Å². The second-order valence-electron chi connectivity index (χ2n) is 3.94. The molecule has 1 N–H and O–H groups in total. The molecule has 1 aromatic rings. The molecule has 0 aromatic heterocycles. The Kier molecular flexibility index (Phi) is 5.81. The van der Waals surface area contributed by atoms with E-state index < -0.39 is 0 Å². The molecule has 0 saturated heterocycles. The molecule has 1 atom stereocenters. The summed E-state index contributed by atoms with van der Waals surface area (Å²) in [4.78, 5) is 0. The van der Waals surface area contributed by atoms with Gasteiger partial charge in [-0.3, -0.25) is 0 Å². The summed E-state index contributed by atoms with van der Waals surface area (Å²) in [6.07, 6.45) is 0.858. The van der Waals surface area contributed by atoms with Gasteiger partial charge in [-0.15, -0.1) is 0 Å². The van der Waals surface area contributed by atoms with Gasteiger partial charge in [0.25, 0.3) is 0 Å². The monoisotopic (exact) mass is 242 g/mol. The van der Waals surface area contributed by atoms with Gasteiger partial charge in [0.15, 0.2) is 0 Å². The molecule has 0 heterocycles. The van der Waals surface area contributed by atoms with Gasteiger partial charge in [0, 0.05) is 18.2 Å². The molecule has 2 nitrogen and oxygen atoms in total. The molecule has 0 aliphatic heterocycles. The Balaban J connectivity index is 2.46. The zero-order valence-corrected chi connectivity index (χ0v) is 10.6. The van der Waals surface area contributed by atoms with Gasteiger partial charge in [0.2, 0.25) is 0 Å². The standard InChI is InChI=1S/C13H19ClO2/c1-3-16-7-6-12(15)9-11-5-4-10(2)8-13(11)14/h4-5,8,12,15H,3,6-7,9H2,1-2H3. The minimum atomic E-state index is -0.383. The molecule has 0 aliphatic rings. The highest BCUT2D eigenvalue weighted by Gasteiger charge is 2.08. The van der Waals surface area contributed by atoms with E-state index in [4.69, 9.17) is 16.3 Å². The summed E-state index contributed by atoms with van der Waals surface area (Å²) in [5.74, 6) is 0. The lowest BCUT2D eigenvalue weighted by atomic mass is 10.0. The van der Waals surface area contributed by atoms with Gasteiger partial charge < -0.3 is 9.84 Å². The van der Waals surface area contributed by atoms with Crippen LogP contribution in [0.15, 0.2) is 18.2 Å². The van der Waals surface area contributed by atoms with Crippen molar-refractivity contribution in [3.63, 3.8) is 0 Å². The fraction of sp³-hybridized carbons (Fsp3) is 0.538. The number of aryl methyl sites for hydroxylation is 1. The number of aliphatic hydroxyl groups is 1. The summed E-state index contributed by atoms with van der Waals surface area (Å²) in [7, 11) is 0. The average Bonchev–Trinajstić information content (AvgIpc) is 2.23. The van der Waals surface area contributed by atoms with Crippen LogP contribution < -0.4 is 0 Å². The second kappa shape index (κ2) is 6.89. The first-order valence-electron chi connectivity index (χ1n) is 5.64. The van der Waals surface area contributed by atoms with E-state index in [1.165, 1.54) is 0 Å². The maximum absolute atomic E-state index is 9.78. The first kappa shape index (κ1) is 13.5. The van der Waals surface area contributed by atoms with Crippen LogP contribution in [0.5, 0.6) is 0 Å². The number of aliphatic hydroxyl groups excluding tert-OH is 1. The van der Waals surface area contributed by atoms with Gasteiger partial charge in [0.05, 0.1) is 6.10 Å². The van der Waals surface area contributed by atoms with E-state index in [0.29, 0.717) is 26.1 Å². The van der Waals surface area contributed by atoms with Crippen molar-refractivity contribution in [2.45, 2.75) is 32.8 Å². The van der Waals surface area contributed by atoms with Crippen molar-refractivity contribution in [3.8, 4) is 0 Å². The van der Waals surface area contributed by atoms with Crippen LogP contribution in [0.25, 0.3) is 0 Å². The number of halogens is 1. The minimum absolute atomic E-state index is 0.383. The SMILES string of the molecule is CCOCCC(O)Cc1ccc(C)cc1Cl. The Morgan fingerprint density at radius 2 is 2.19 bits per heavy atom. The van der Waals surface area contributed by atoms with Gasteiger partial charge in [-0.1, -0.05) is 23.7 Å². The zero-order valence-electron chi connectivity index (χ0n) is 9.87. The van der Waals surface area contributed by atoms with E-state index in [9.17, 15) is 5.11 Å². The lowest BCUT2D eigenvalue weighted by Crippen LogP contribution is -2.14. The van der Waals surface area contributed by atoms with Crippen LogP contribution in [0.4, 0.5) is 0 Å². The molecule has 1 unspecified atom stereocenters. The van der Waals surface area contributed by atoms with Crippen LogP contribution in [0.2, 0.25) is 5.02 Å². The lowest BCUT2D eigenvalue weighted by molar-refractivity contribution is 0.0887. The second-order valence-corrected chi connectivity index (χ2v) is 4.35. The highest BCUT2D eigenvalue weighted by Crippen LogP contribution is 2.19. The molecule has 16 heavy (non-hydrogen) atoms. The normalized spacial score (nSPS) is 12.8. The van der Waals surface area contributed by atoms with E-state index in [-0.39, 0.29) is 6.10 Å². The quantitative estimate of drug-likeness (QED) is 0.778. The summed E-state index contributed by atoms with van der Waals surface area (Å²) in [5.41, 5.74) is 2.13. The smallest absolute Gasteiger partial charge is 0.0603 e. The Bertz CT molecular complexity index is 326. The molecule has 0 radical (unpaired) electrons. The van der Waals surface area contributed by atoms with Crippen molar-refractivity contribution >= 4 is 11.6 Å². The van der Waals surface area contributed by atoms with Crippen molar-refractivity contribution in [1.82, 2.24) is 0 Å². The molecule has 0 bridgehead atoms. The van der Waals surface area contributed by atoms with Crippen molar-refractivity contribution in [1.29, 1.82) is 0 Å². The highest BCUT2D eigenvalue weighted by molar-refractivity contribution is 6.31. The largest absolute Gasteiger partial charge is 0.393 e. The molecule has 0 spiro atoms. The fourth-order valence-corrected chi connectivity index (χ4v) is 1.85. The summed E-state index contributed by atoms with van der Waals surface area (Å²) >= 11 is 6.09. The van der Waals surface area contributed by atoms with Crippen molar-refractivity contribution in [2.24, 2.45) is 0 Å². The lowest BCUT2D eigenvalue weighted by Gasteiger charge is -2.12. The Labute approximate surface area is 102 Å². The maximum Gasteiger partial charge on any atom is 0.0603 e. The molecule has 0 amide bonds. The minimum Gasteiger partial charge on any atom is -0.393 e. The van der Waals surface area contributed by atoms with Crippen molar-refractivity contribution in [2.75, 3.05) is 13.2 Å².